The number of hydrogen-bond donors (Lipinski definition) is 1. The lowest BCUT2D eigenvalue weighted by molar-refractivity contribution is -0.384. The van der Waals surface area contributed by atoms with Crippen LogP contribution in [0.25, 0.3) is 0 Å². The number of nitro groups is 1. The maximum atomic E-state index is 11.4. The summed E-state index contributed by atoms with van der Waals surface area (Å²) in [6.45, 7) is 4.05. The highest BCUT2D eigenvalue weighted by Crippen LogP contribution is 2.11. The third kappa shape index (κ3) is 4.92. The average Bonchev–Trinajstić information content (AvgIpc) is 2.34. The number of carbonyl (C=O) groups excluding carboxylic acids is 1. The minimum absolute atomic E-state index is 0.00937. The Bertz CT molecular complexity index is 415. The summed E-state index contributed by atoms with van der Waals surface area (Å²) in [6.07, 6.45) is 0.00937. The minimum Gasteiger partial charge on any atom is -0.369 e. The summed E-state index contributed by atoms with van der Waals surface area (Å²) in [4.78, 5) is 21.3. The number of hydrogen-bond acceptors (Lipinski definition) is 4. The Morgan fingerprint density at radius 3 is 2.50 bits per heavy atom. The van der Waals surface area contributed by atoms with E-state index in [0.29, 0.717) is 6.54 Å². The molecule has 0 aliphatic heterocycles. The van der Waals surface area contributed by atoms with Gasteiger partial charge in [0.1, 0.15) is 6.61 Å². The molecule has 6 heteroatoms. The fourth-order valence-electron chi connectivity index (χ4n) is 1.23. The first-order valence-electron chi connectivity index (χ1n) is 5.60. The maximum Gasteiger partial charge on any atom is 0.269 e. The molecule has 0 spiro atoms. The van der Waals surface area contributed by atoms with E-state index in [2.05, 4.69) is 5.32 Å². The smallest absolute Gasteiger partial charge is 0.269 e. The summed E-state index contributed by atoms with van der Waals surface area (Å²) in [5.41, 5.74) is 0.840. The number of carbonyl (C=O) groups is 1. The normalized spacial score (nSPS) is 10.4. The van der Waals surface area contributed by atoms with Gasteiger partial charge >= 0.3 is 0 Å². The topological polar surface area (TPSA) is 81.5 Å². The van der Waals surface area contributed by atoms with Gasteiger partial charge in [-0.2, -0.15) is 0 Å². The summed E-state index contributed by atoms with van der Waals surface area (Å²) in [7, 11) is 0. The molecule has 0 fully saturated rings. The summed E-state index contributed by atoms with van der Waals surface area (Å²) in [6, 6.07) is 6.04. The quantitative estimate of drug-likeness (QED) is 0.616. The number of ether oxygens (including phenoxy) is 1. The number of non-ortho nitro benzene ring substituents is 1. The monoisotopic (exact) mass is 252 g/mol. The Labute approximate surface area is 105 Å². The molecule has 0 aliphatic carbocycles. The van der Waals surface area contributed by atoms with Crippen molar-refractivity contribution < 1.29 is 14.5 Å². The summed E-state index contributed by atoms with van der Waals surface area (Å²) < 4.78 is 5.14. The van der Waals surface area contributed by atoms with Crippen molar-refractivity contribution in [2.45, 2.75) is 26.5 Å². The molecule has 1 aromatic rings. The molecular formula is C12H16N2O4. The Balaban J connectivity index is 2.39. The van der Waals surface area contributed by atoms with Crippen LogP contribution in [0.3, 0.4) is 0 Å². The minimum atomic E-state index is -0.459. The van der Waals surface area contributed by atoms with Crippen molar-refractivity contribution >= 4 is 11.6 Å². The number of nitro benzene ring substituents is 1. The van der Waals surface area contributed by atoms with E-state index in [4.69, 9.17) is 4.74 Å². The zero-order valence-electron chi connectivity index (χ0n) is 10.4. The summed E-state index contributed by atoms with van der Waals surface area (Å²) in [5.74, 6) is -0.206. The van der Waals surface area contributed by atoms with Gasteiger partial charge in [0.2, 0.25) is 5.91 Å². The molecule has 1 rings (SSSR count). The van der Waals surface area contributed by atoms with Gasteiger partial charge in [-0.15, -0.1) is 0 Å². The van der Waals surface area contributed by atoms with E-state index >= 15 is 0 Å². The molecule has 0 radical (unpaired) electrons. The molecule has 0 saturated carbocycles. The first-order valence-corrected chi connectivity index (χ1v) is 5.60. The molecule has 0 saturated heterocycles. The van der Waals surface area contributed by atoms with Crippen LogP contribution in [-0.2, 0) is 16.1 Å². The van der Waals surface area contributed by atoms with Crippen molar-refractivity contribution in [3.05, 3.63) is 39.9 Å². The lowest BCUT2D eigenvalue weighted by Gasteiger charge is -2.08. The van der Waals surface area contributed by atoms with E-state index in [9.17, 15) is 14.9 Å². The molecule has 0 atom stereocenters. The van der Waals surface area contributed by atoms with E-state index in [1.54, 1.807) is 12.1 Å². The molecule has 98 valence electrons. The number of benzene rings is 1. The third-order valence-corrected chi connectivity index (χ3v) is 2.18. The van der Waals surface area contributed by atoms with Gasteiger partial charge in [0.15, 0.2) is 0 Å². The van der Waals surface area contributed by atoms with E-state index in [1.165, 1.54) is 12.1 Å². The Hall–Kier alpha value is -1.95. The van der Waals surface area contributed by atoms with Gasteiger partial charge in [-0.3, -0.25) is 14.9 Å². The van der Waals surface area contributed by atoms with Crippen LogP contribution in [0.2, 0.25) is 0 Å². The molecule has 0 aromatic heterocycles. The fraction of sp³-hybridized carbons (Fsp3) is 0.417. The number of rotatable bonds is 6. The highest BCUT2D eigenvalue weighted by atomic mass is 16.6. The largest absolute Gasteiger partial charge is 0.369 e. The second-order valence-corrected chi connectivity index (χ2v) is 4.06. The summed E-state index contributed by atoms with van der Waals surface area (Å²) in [5, 5.41) is 13.1. The Morgan fingerprint density at radius 1 is 1.39 bits per heavy atom. The lowest BCUT2D eigenvalue weighted by atomic mass is 10.2. The SMILES string of the molecule is CC(C)OCC(=O)NCc1ccc([N+](=O)[O-])cc1. The molecule has 0 heterocycles. The Kier molecular flexibility index (Phi) is 5.26. The first-order chi connectivity index (χ1) is 8.49. The zero-order valence-corrected chi connectivity index (χ0v) is 10.4. The van der Waals surface area contributed by atoms with Gasteiger partial charge in [-0.25, -0.2) is 0 Å². The van der Waals surface area contributed by atoms with Crippen LogP contribution in [0.4, 0.5) is 5.69 Å². The number of nitrogens with zero attached hydrogens (tertiary/aromatic N) is 1. The van der Waals surface area contributed by atoms with Crippen LogP contribution in [0.15, 0.2) is 24.3 Å². The highest BCUT2D eigenvalue weighted by molar-refractivity contribution is 5.77. The molecule has 1 amide bonds. The van der Waals surface area contributed by atoms with Crippen LogP contribution < -0.4 is 5.32 Å². The first kappa shape index (κ1) is 14.1. The Morgan fingerprint density at radius 2 is 2.00 bits per heavy atom. The van der Waals surface area contributed by atoms with E-state index in [1.807, 2.05) is 13.8 Å². The summed E-state index contributed by atoms with van der Waals surface area (Å²) >= 11 is 0. The van der Waals surface area contributed by atoms with Crippen LogP contribution in [0.5, 0.6) is 0 Å². The van der Waals surface area contributed by atoms with Crippen LogP contribution >= 0.6 is 0 Å². The van der Waals surface area contributed by atoms with Gasteiger partial charge < -0.3 is 10.1 Å². The second-order valence-electron chi connectivity index (χ2n) is 4.06. The van der Waals surface area contributed by atoms with Gasteiger partial charge in [0, 0.05) is 18.7 Å². The number of nitrogens with one attached hydrogen (secondary N) is 1. The van der Waals surface area contributed by atoms with Crippen molar-refractivity contribution in [1.29, 1.82) is 0 Å². The molecule has 0 aliphatic rings. The predicted octanol–water partition coefficient (Wildman–Crippen LogP) is 1.64. The van der Waals surface area contributed by atoms with Gasteiger partial charge in [0.05, 0.1) is 11.0 Å². The molecule has 1 aromatic carbocycles. The molecule has 18 heavy (non-hydrogen) atoms. The lowest BCUT2D eigenvalue weighted by Crippen LogP contribution is -2.28. The molecule has 6 nitrogen and oxygen atoms in total. The van der Waals surface area contributed by atoms with Crippen molar-refractivity contribution in [2.75, 3.05) is 6.61 Å². The molecule has 1 N–H and O–H groups in total. The van der Waals surface area contributed by atoms with Gasteiger partial charge in [-0.05, 0) is 19.4 Å². The standard InChI is InChI=1S/C12H16N2O4/c1-9(2)18-8-12(15)13-7-10-3-5-11(6-4-10)14(16)17/h3-6,9H,7-8H2,1-2H3,(H,13,15). The highest BCUT2D eigenvalue weighted by Gasteiger charge is 2.06. The number of amides is 1. The maximum absolute atomic E-state index is 11.4. The van der Waals surface area contributed by atoms with Crippen LogP contribution in [0, 0.1) is 10.1 Å². The fourth-order valence-corrected chi connectivity index (χ4v) is 1.23. The second kappa shape index (κ2) is 6.70. The molecule has 0 bridgehead atoms. The molecule has 0 unspecified atom stereocenters. The van der Waals surface area contributed by atoms with Gasteiger partial charge in [-0.1, -0.05) is 12.1 Å². The van der Waals surface area contributed by atoms with Crippen LogP contribution in [0.1, 0.15) is 19.4 Å². The third-order valence-electron chi connectivity index (χ3n) is 2.18. The van der Waals surface area contributed by atoms with Crippen LogP contribution in [-0.4, -0.2) is 23.5 Å². The van der Waals surface area contributed by atoms with Crippen molar-refractivity contribution in [3.63, 3.8) is 0 Å². The van der Waals surface area contributed by atoms with E-state index in [-0.39, 0.29) is 24.3 Å². The van der Waals surface area contributed by atoms with Gasteiger partial charge in [0.25, 0.3) is 5.69 Å². The van der Waals surface area contributed by atoms with E-state index in [0.717, 1.165) is 5.56 Å². The van der Waals surface area contributed by atoms with Crippen molar-refractivity contribution in [2.24, 2.45) is 0 Å². The predicted molar refractivity (Wildman–Crippen MR) is 66.0 cm³/mol. The zero-order chi connectivity index (χ0) is 13.5. The average molecular weight is 252 g/mol. The molecular weight excluding hydrogens is 236 g/mol. The van der Waals surface area contributed by atoms with Crippen molar-refractivity contribution in [1.82, 2.24) is 5.32 Å². The van der Waals surface area contributed by atoms with E-state index < -0.39 is 4.92 Å². The van der Waals surface area contributed by atoms with Crippen molar-refractivity contribution in [3.8, 4) is 0 Å².